The molecule has 0 saturated carbocycles. The van der Waals surface area contributed by atoms with Gasteiger partial charge in [-0.25, -0.2) is 0 Å². The Balaban J connectivity index is 2.30. The fraction of sp³-hybridized carbons (Fsp3) is 0.533. The zero-order valence-electron chi connectivity index (χ0n) is 11.8. The molecule has 2 unspecified atom stereocenters. The molecule has 1 aromatic carbocycles. The van der Waals surface area contributed by atoms with Gasteiger partial charge in [-0.15, -0.1) is 0 Å². The smallest absolute Gasteiger partial charge is 0.244 e. The van der Waals surface area contributed by atoms with Gasteiger partial charge in [0.05, 0.1) is 18.3 Å². The summed E-state index contributed by atoms with van der Waals surface area (Å²) in [6.45, 7) is 6.58. The van der Waals surface area contributed by atoms with Crippen molar-refractivity contribution in [3.8, 4) is 5.75 Å². The minimum absolute atomic E-state index is 0.00734. The summed E-state index contributed by atoms with van der Waals surface area (Å²) < 4.78 is 5.80. The SMILES string of the molecule is CCCC(N)C(=O)N1CC(C)Oc2cc(C)ccc21. The van der Waals surface area contributed by atoms with Gasteiger partial charge in [0.15, 0.2) is 0 Å². The third-order valence-electron chi connectivity index (χ3n) is 3.36. The standard InChI is InChI=1S/C15H22N2O2/c1-4-5-12(16)15(18)17-9-11(3)19-14-8-10(2)6-7-13(14)17/h6-8,11-12H,4-5,9,16H2,1-3H3. The summed E-state index contributed by atoms with van der Waals surface area (Å²) in [7, 11) is 0. The van der Waals surface area contributed by atoms with Crippen LogP contribution in [0.25, 0.3) is 0 Å². The molecule has 2 atom stereocenters. The molecule has 104 valence electrons. The largest absolute Gasteiger partial charge is 0.487 e. The van der Waals surface area contributed by atoms with Gasteiger partial charge in [-0.1, -0.05) is 19.4 Å². The number of fused-ring (bicyclic) bond motifs is 1. The van der Waals surface area contributed by atoms with Crippen LogP contribution in [0.5, 0.6) is 5.75 Å². The zero-order chi connectivity index (χ0) is 14.0. The van der Waals surface area contributed by atoms with Gasteiger partial charge in [0.25, 0.3) is 0 Å². The van der Waals surface area contributed by atoms with Crippen molar-refractivity contribution >= 4 is 11.6 Å². The molecule has 0 fully saturated rings. The van der Waals surface area contributed by atoms with E-state index in [-0.39, 0.29) is 12.0 Å². The van der Waals surface area contributed by atoms with Crippen LogP contribution in [0, 0.1) is 6.92 Å². The number of hydrogen-bond acceptors (Lipinski definition) is 3. The Morgan fingerprint density at radius 2 is 2.32 bits per heavy atom. The summed E-state index contributed by atoms with van der Waals surface area (Å²) in [6.07, 6.45) is 1.62. The maximum absolute atomic E-state index is 12.4. The molecule has 0 aliphatic carbocycles. The molecule has 0 radical (unpaired) electrons. The molecule has 2 N–H and O–H groups in total. The van der Waals surface area contributed by atoms with E-state index in [9.17, 15) is 4.79 Å². The van der Waals surface area contributed by atoms with Crippen molar-refractivity contribution in [3.05, 3.63) is 23.8 Å². The average Bonchev–Trinajstić information content (AvgIpc) is 2.36. The Kier molecular flexibility index (Phi) is 4.10. The normalized spacial score (nSPS) is 19.6. The second-order valence-electron chi connectivity index (χ2n) is 5.24. The lowest BCUT2D eigenvalue weighted by atomic mass is 10.1. The van der Waals surface area contributed by atoms with Gasteiger partial charge < -0.3 is 15.4 Å². The van der Waals surface area contributed by atoms with Gasteiger partial charge in [0.1, 0.15) is 11.9 Å². The average molecular weight is 262 g/mol. The van der Waals surface area contributed by atoms with Gasteiger partial charge in [-0.2, -0.15) is 0 Å². The number of carbonyl (C=O) groups is 1. The summed E-state index contributed by atoms with van der Waals surface area (Å²) in [5.74, 6) is 0.762. The van der Waals surface area contributed by atoms with E-state index in [1.807, 2.05) is 39.0 Å². The number of nitrogens with two attached hydrogens (primary N) is 1. The number of carbonyl (C=O) groups excluding carboxylic acids is 1. The highest BCUT2D eigenvalue weighted by molar-refractivity contribution is 5.98. The predicted octanol–water partition coefficient (Wildman–Crippen LogP) is 2.24. The number of amides is 1. The highest BCUT2D eigenvalue weighted by atomic mass is 16.5. The van der Waals surface area contributed by atoms with Crippen LogP contribution < -0.4 is 15.4 Å². The minimum Gasteiger partial charge on any atom is -0.487 e. The minimum atomic E-state index is -0.426. The molecule has 4 heteroatoms. The van der Waals surface area contributed by atoms with E-state index in [2.05, 4.69) is 0 Å². The van der Waals surface area contributed by atoms with E-state index in [0.29, 0.717) is 13.0 Å². The summed E-state index contributed by atoms with van der Waals surface area (Å²) in [4.78, 5) is 14.2. The third kappa shape index (κ3) is 2.89. The first-order chi connectivity index (χ1) is 9.02. The lowest BCUT2D eigenvalue weighted by molar-refractivity contribution is -0.120. The van der Waals surface area contributed by atoms with Crippen molar-refractivity contribution in [3.63, 3.8) is 0 Å². The molecule has 1 heterocycles. The Bertz CT molecular complexity index is 473. The first kappa shape index (κ1) is 13.9. The van der Waals surface area contributed by atoms with E-state index in [0.717, 1.165) is 23.4 Å². The van der Waals surface area contributed by atoms with Crippen LogP contribution in [0.1, 0.15) is 32.3 Å². The van der Waals surface area contributed by atoms with Crippen molar-refractivity contribution in [2.24, 2.45) is 5.73 Å². The number of hydrogen-bond donors (Lipinski definition) is 1. The van der Waals surface area contributed by atoms with Crippen molar-refractivity contribution in [2.75, 3.05) is 11.4 Å². The van der Waals surface area contributed by atoms with Crippen LogP contribution in [0.4, 0.5) is 5.69 Å². The first-order valence-corrected chi connectivity index (χ1v) is 6.87. The molecule has 1 amide bonds. The lowest BCUT2D eigenvalue weighted by Crippen LogP contribution is -2.49. The molecule has 0 bridgehead atoms. The van der Waals surface area contributed by atoms with Crippen LogP contribution in [0.3, 0.4) is 0 Å². The van der Waals surface area contributed by atoms with Crippen LogP contribution in [-0.2, 0) is 4.79 Å². The summed E-state index contributed by atoms with van der Waals surface area (Å²) in [6, 6.07) is 5.47. The highest BCUT2D eigenvalue weighted by Gasteiger charge is 2.30. The second kappa shape index (κ2) is 5.61. The fourth-order valence-corrected chi connectivity index (χ4v) is 2.39. The van der Waals surface area contributed by atoms with Crippen molar-refractivity contribution < 1.29 is 9.53 Å². The van der Waals surface area contributed by atoms with Gasteiger partial charge in [0, 0.05) is 0 Å². The van der Waals surface area contributed by atoms with Crippen molar-refractivity contribution in [2.45, 2.75) is 45.8 Å². The molecule has 0 aromatic heterocycles. The van der Waals surface area contributed by atoms with Crippen LogP contribution in [-0.4, -0.2) is 24.6 Å². The van der Waals surface area contributed by atoms with Gasteiger partial charge in [-0.05, 0) is 38.0 Å². The quantitative estimate of drug-likeness (QED) is 0.909. The maximum atomic E-state index is 12.4. The molecule has 0 spiro atoms. The molecule has 1 aliphatic rings. The number of anilines is 1. The van der Waals surface area contributed by atoms with Gasteiger partial charge >= 0.3 is 0 Å². The molecular formula is C15H22N2O2. The zero-order valence-corrected chi connectivity index (χ0v) is 11.8. The molecule has 19 heavy (non-hydrogen) atoms. The summed E-state index contributed by atoms with van der Waals surface area (Å²) in [5, 5.41) is 0. The number of ether oxygens (including phenoxy) is 1. The Labute approximate surface area is 114 Å². The van der Waals surface area contributed by atoms with E-state index in [1.165, 1.54) is 0 Å². The van der Waals surface area contributed by atoms with Crippen LogP contribution in [0.2, 0.25) is 0 Å². The van der Waals surface area contributed by atoms with E-state index < -0.39 is 6.04 Å². The fourth-order valence-electron chi connectivity index (χ4n) is 2.39. The van der Waals surface area contributed by atoms with E-state index in [4.69, 9.17) is 10.5 Å². The number of benzene rings is 1. The molecule has 4 nitrogen and oxygen atoms in total. The Morgan fingerprint density at radius 3 is 3.00 bits per heavy atom. The number of aryl methyl sites for hydroxylation is 1. The second-order valence-corrected chi connectivity index (χ2v) is 5.24. The Morgan fingerprint density at radius 1 is 1.58 bits per heavy atom. The number of rotatable bonds is 3. The summed E-state index contributed by atoms with van der Waals surface area (Å²) >= 11 is 0. The van der Waals surface area contributed by atoms with E-state index >= 15 is 0 Å². The van der Waals surface area contributed by atoms with Crippen LogP contribution in [0.15, 0.2) is 18.2 Å². The highest BCUT2D eigenvalue weighted by Crippen LogP contribution is 2.34. The molecule has 1 aromatic rings. The number of nitrogens with zero attached hydrogens (tertiary/aromatic N) is 1. The maximum Gasteiger partial charge on any atom is 0.244 e. The third-order valence-corrected chi connectivity index (χ3v) is 3.36. The van der Waals surface area contributed by atoms with Crippen molar-refractivity contribution in [1.82, 2.24) is 0 Å². The topological polar surface area (TPSA) is 55.6 Å². The van der Waals surface area contributed by atoms with Crippen molar-refractivity contribution in [1.29, 1.82) is 0 Å². The summed E-state index contributed by atoms with van der Waals surface area (Å²) in [5.41, 5.74) is 7.92. The molecular weight excluding hydrogens is 240 g/mol. The molecule has 2 rings (SSSR count). The Hall–Kier alpha value is -1.55. The monoisotopic (exact) mass is 262 g/mol. The lowest BCUT2D eigenvalue weighted by Gasteiger charge is -2.35. The first-order valence-electron chi connectivity index (χ1n) is 6.87. The van der Waals surface area contributed by atoms with Crippen LogP contribution >= 0.6 is 0 Å². The van der Waals surface area contributed by atoms with E-state index in [1.54, 1.807) is 4.90 Å². The predicted molar refractivity (Wildman–Crippen MR) is 76.5 cm³/mol. The van der Waals surface area contributed by atoms with Gasteiger partial charge in [0.2, 0.25) is 5.91 Å². The molecule has 0 saturated heterocycles. The van der Waals surface area contributed by atoms with Gasteiger partial charge in [-0.3, -0.25) is 4.79 Å². The molecule has 1 aliphatic heterocycles.